The van der Waals surface area contributed by atoms with Gasteiger partial charge in [-0.1, -0.05) is 13.8 Å². The highest BCUT2D eigenvalue weighted by Gasteiger charge is 2.49. The Bertz CT molecular complexity index is 909. The number of aliphatic hydroxyl groups is 3. The van der Waals surface area contributed by atoms with Gasteiger partial charge in [-0.3, -0.25) is 4.90 Å². The maximum absolute atomic E-state index is 11.5. The third-order valence-corrected chi connectivity index (χ3v) is 7.46. The van der Waals surface area contributed by atoms with Crippen molar-refractivity contribution in [2.24, 2.45) is 11.8 Å². The van der Waals surface area contributed by atoms with Crippen LogP contribution in [0.5, 0.6) is 11.5 Å². The van der Waals surface area contributed by atoms with Crippen molar-refractivity contribution in [3.63, 3.8) is 0 Å². The molecule has 0 bridgehead atoms. The van der Waals surface area contributed by atoms with Crippen molar-refractivity contribution in [2.75, 3.05) is 27.3 Å². The van der Waals surface area contributed by atoms with Gasteiger partial charge in [-0.15, -0.1) is 0 Å². The minimum absolute atomic E-state index is 0.0403. The Kier molecular flexibility index (Phi) is 7.89. The lowest BCUT2D eigenvalue weighted by Crippen LogP contribution is -2.61. The minimum Gasteiger partial charge on any atom is -0.493 e. The van der Waals surface area contributed by atoms with Crippen molar-refractivity contribution < 1.29 is 44.2 Å². The topological polar surface area (TPSA) is 138 Å². The van der Waals surface area contributed by atoms with E-state index in [0.717, 1.165) is 31.5 Å². The Balaban J connectivity index is 1.61. The summed E-state index contributed by atoms with van der Waals surface area (Å²) in [6, 6.07) is 4.07. The molecule has 1 aromatic rings. The largest absolute Gasteiger partial charge is 0.493 e. The predicted molar refractivity (Wildman–Crippen MR) is 124 cm³/mol. The van der Waals surface area contributed by atoms with Crippen LogP contribution in [-0.2, 0) is 20.7 Å². The van der Waals surface area contributed by atoms with Crippen LogP contribution in [0.15, 0.2) is 12.1 Å². The van der Waals surface area contributed by atoms with Crippen molar-refractivity contribution in [3.05, 3.63) is 23.3 Å². The van der Waals surface area contributed by atoms with Crippen LogP contribution in [0.2, 0.25) is 0 Å². The van der Waals surface area contributed by atoms with Crippen LogP contribution in [0.25, 0.3) is 0 Å². The van der Waals surface area contributed by atoms with Crippen molar-refractivity contribution >= 4 is 5.97 Å². The molecule has 0 amide bonds. The van der Waals surface area contributed by atoms with Gasteiger partial charge in [0.2, 0.25) is 0 Å². The lowest BCUT2D eigenvalue weighted by Gasteiger charge is -2.49. The molecule has 4 N–H and O–H groups in total. The first-order valence-electron chi connectivity index (χ1n) is 12.2. The normalized spacial score (nSPS) is 35.3. The lowest BCUT2D eigenvalue weighted by atomic mass is 9.79. The maximum atomic E-state index is 11.5. The summed E-state index contributed by atoms with van der Waals surface area (Å²) in [7, 11) is 3.22. The summed E-state index contributed by atoms with van der Waals surface area (Å²) in [5, 5.41) is 40.2. The molecule has 0 aromatic heterocycles. The van der Waals surface area contributed by atoms with E-state index in [-0.39, 0.29) is 18.1 Å². The van der Waals surface area contributed by atoms with E-state index < -0.39 is 36.7 Å². The number of hydrogen-bond donors (Lipinski definition) is 4. The summed E-state index contributed by atoms with van der Waals surface area (Å²) < 4.78 is 22.7. The highest BCUT2D eigenvalue weighted by molar-refractivity contribution is 5.73. The molecule has 2 saturated heterocycles. The van der Waals surface area contributed by atoms with E-state index in [2.05, 4.69) is 18.7 Å². The molecule has 0 aliphatic carbocycles. The molecule has 0 spiro atoms. The summed E-state index contributed by atoms with van der Waals surface area (Å²) in [4.78, 5) is 14.0. The van der Waals surface area contributed by atoms with Gasteiger partial charge < -0.3 is 39.4 Å². The van der Waals surface area contributed by atoms with Gasteiger partial charge in [0.1, 0.15) is 18.3 Å². The van der Waals surface area contributed by atoms with Gasteiger partial charge in [0.25, 0.3) is 0 Å². The molecule has 35 heavy (non-hydrogen) atoms. The van der Waals surface area contributed by atoms with Gasteiger partial charge in [0, 0.05) is 19.1 Å². The number of fused-ring (bicyclic) bond motifs is 3. The van der Waals surface area contributed by atoms with Gasteiger partial charge in [0.05, 0.1) is 20.3 Å². The van der Waals surface area contributed by atoms with Crippen LogP contribution in [0.4, 0.5) is 0 Å². The number of benzene rings is 1. The van der Waals surface area contributed by atoms with E-state index in [1.54, 1.807) is 14.2 Å². The lowest BCUT2D eigenvalue weighted by molar-refractivity contribution is -0.312. The number of aliphatic hydroxyl groups excluding tert-OH is 3. The molecule has 196 valence electrons. The number of ether oxygens (including phenoxy) is 4. The molecule has 0 saturated carbocycles. The van der Waals surface area contributed by atoms with E-state index in [1.165, 1.54) is 5.56 Å². The van der Waals surface area contributed by atoms with Gasteiger partial charge in [-0.25, -0.2) is 4.79 Å². The fourth-order valence-corrected chi connectivity index (χ4v) is 5.74. The molecular weight excluding hydrogens is 458 g/mol. The van der Waals surface area contributed by atoms with E-state index >= 15 is 0 Å². The fourth-order valence-electron chi connectivity index (χ4n) is 5.74. The number of nitrogens with zero attached hydrogens (tertiary/aromatic N) is 1. The molecule has 10 heteroatoms. The third kappa shape index (κ3) is 5.14. The Hall–Kier alpha value is -1.95. The summed E-state index contributed by atoms with van der Waals surface area (Å²) in [5.41, 5.74) is 2.32. The first-order chi connectivity index (χ1) is 16.6. The average molecular weight is 496 g/mol. The number of rotatable bonds is 7. The summed E-state index contributed by atoms with van der Waals surface area (Å²) >= 11 is 0. The summed E-state index contributed by atoms with van der Waals surface area (Å²) in [6.45, 7) is 5.94. The molecule has 3 heterocycles. The summed E-state index contributed by atoms with van der Waals surface area (Å²) in [6.07, 6.45) is -6.04. The Labute approximate surface area is 205 Å². The van der Waals surface area contributed by atoms with Crippen molar-refractivity contribution in [1.29, 1.82) is 0 Å². The van der Waals surface area contributed by atoms with E-state index in [1.807, 2.05) is 12.1 Å². The average Bonchev–Trinajstić information content (AvgIpc) is 2.83. The maximum Gasteiger partial charge on any atom is 0.335 e. The van der Waals surface area contributed by atoms with Crippen LogP contribution in [0, 0.1) is 11.8 Å². The van der Waals surface area contributed by atoms with Gasteiger partial charge in [0.15, 0.2) is 23.9 Å². The van der Waals surface area contributed by atoms with Gasteiger partial charge in [-0.05, 0) is 54.4 Å². The smallest absolute Gasteiger partial charge is 0.335 e. The zero-order valence-electron chi connectivity index (χ0n) is 20.7. The number of carboxylic acids is 1. The number of piperidine rings is 1. The van der Waals surface area contributed by atoms with Gasteiger partial charge in [-0.2, -0.15) is 0 Å². The Morgan fingerprint density at radius 3 is 2.43 bits per heavy atom. The number of carboxylic acid groups (broad SMARTS) is 1. The minimum atomic E-state index is -1.75. The van der Waals surface area contributed by atoms with Gasteiger partial charge >= 0.3 is 5.97 Å². The van der Waals surface area contributed by atoms with Crippen LogP contribution in [-0.4, -0.2) is 95.4 Å². The molecule has 0 radical (unpaired) electrons. The molecule has 0 unspecified atom stereocenters. The number of methoxy groups -OCH3 is 2. The van der Waals surface area contributed by atoms with Crippen molar-refractivity contribution in [3.8, 4) is 11.5 Å². The monoisotopic (exact) mass is 495 g/mol. The standard InChI is InChI=1S/C25H37NO9/c1-12(2)7-14-11-26-6-5-13-8-18(32-3)19(33-4)9-15(13)16(26)10-17(14)34-25-22(29)20(27)21(28)23(35-25)24(30)31/h8-9,12,14,16-17,20-23,25,27-29H,5-7,10-11H2,1-4H3,(H,30,31)/t14-,16-,17-,20-,21-,22+,23-,25+/m0/s1. The second kappa shape index (κ2) is 10.6. The molecule has 8 atom stereocenters. The highest BCUT2D eigenvalue weighted by Crippen LogP contribution is 2.45. The Morgan fingerprint density at radius 1 is 1.11 bits per heavy atom. The van der Waals surface area contributed by atoms with Crippen molar-refractivity contribution in [1.82, 2.24) is 4.90 Å². The first-order valence-corrected chi connectivity index (χ1v) is 12.2. The number of hydrogen-bond acceptors (Lipinski definition) is 9. The van der Waals surface area contributed by atoms with E-state index in [0.29, 0.717) is 23.8 Å². The zero-order valence-corrected chi connectivity index (χ0v) is 20.7. The van der Waals surface area contributed by atoms with Crippen LogP contribution < -0.4 is 9.47 Å². The molecule has 2 fully saturated rings. The molecule has 3 aliphatic heterocycles. The second-order valence-corrected chi connectivity index (χ2v) is 10.2. The molecule has 1 aromatic carbocycles. The fraction of sp³-hybridized carbons (Fsp3) is 0.720. The van der Waals surface area contributed by atoms with Crippen molar-refractivity contribution in [2.45, 2.75) is 76.0 Å². The van der Waals surface area contributed by atoms with Crippen LogP contribution in [0.3, 0.4) is 0 Å². The second-order valence-electron chi connectivity index (χ2n) is 10.2. The quantitative estimate of drug-likeness (QED) is 0.432. The zero-order chi connectivity index (χ0) is 25.4. The molecule has 4 rings (SSSR count). The third-order valence-electron chi connectivity index (χ3n) is 7.46. The molecule has 3 aliphatic rings. The predicted octanol–water partition coefficient (Wildman–Crippen LogP) is 0.946. The summed E-state index contributed by atoms with van der Waals surface area (Å²) in [5.74, 6) is 0.443. The number of carbonyl (C=O) groups is 1. The van der Waals surface area contributed by atoms with Crippen LogP contribution in [0.1, 0.15) is 43.9 Å². The number of aliphatic carboxylic acids is 1. The Morgan fingerprint density at radius 2 is 1.80 bits per heavy atom. The molecular formula is C25H37NO9. The SMILES string of the molecule is COc1cc2c(cc1OC)[C@@H]1C[C@H](O[C@@H]3O[C@H](C(=O)O)[C@@H](O)[C@H](O)[C@H]3O)[C@@H](CC(C)C)CN1CC2. The first kappa shape index (κ1) is 26.1. The van der Waals surface area contributed by atoms with E-state index in [9.17, 15) is 25.2 Å². The van der Waals surface area contributed by atoms with Crippen LogP contribution >= 0.6 is 0 Å². The molecule has 10 nitrogen and oxygen atoms in total. The van der Waals surface area contributed by atoms with E-state index in [4.69, 9.17) is 18.9 Å². The highest BCUT2D eigenvalue weighted by atomic mass is 16.7.